The van der Waals surface area contributed by atoms with E-state index in [0.717, 1.165) is 101 Å². The number of carbonyl (C=O) groups excluding carboxylic acids is 4. The van der Waals surface area contributed by atoms with Crippen molar-refractivity contribution in [1.82, 2.24) is 0 Å². The van der Waals surface area contributed by atoms with Crippen LogP contribution in [-0.4, -0.2) is 48.3 Å². The molecule has 2 unspecified atom stereocenters. The topological polar surface area (TPSA) is 176 Å². The van der Waals surface area contributed by atoms with Crippen LogP contribution in [0.15, 0.2) is 72.8 Å². The van der Waals surface area contributed by atoms with Crippen LogP contribution in [0.3, 0.4) is 0 Å². The van der Waals surface area contributed by atoms with Gasteiger partial charge in [-0.25, -0.2) is 9.59 Å². The Balaban J connectivity index is 0.835. The van der Waals surface area contributed by atoms with Crippen LogP contribution in [-0.2, 0) is 51.3 Å². The molecule has 7 rings (SSSR count). The molecule has 0 aromatic heterocycles. The molecule has 2 aliphatic heterocycles. The molecule has 2 saturated carbocycles. The standard InChI is InChI=1S/C50H60N2O10/c1-3-39-21-27-59-49(39)23-17-35(18-24-49)47(55)61-41-11-5-33(6-12-41)9-15-45(53)57-31-37-29-43(51)44(52)30-38(37)32-58-46(54)16-10-34-7-13-42(14-8-34)62-48(56)36-19-25-50(26-20-36)40(4-2)22-28-60-50/h5-16,29-30,35-36,39-40H,3-4,17-28,31-32,51-52H2,1-2H3/b15-9+,16-10+. The second-order valence-corrected chi connectivity index (χ2v) is 17.3. The molecule has 2 heterocycles. The van der Waals surface area contributed by atoms with Gasteiger partial charge >= 0.3 is 23.9 Å². The van der Waals surface area contributed by atoms with Crippen molar-refractivity contribution in [3.05, 3.63) is 95.1 Å². The van der Waals surface area contributed by atoms with Gasteiger partial charge in [-0.05, 0) is 147 Å². The Bertz CT molecular complexity index is 1960. The average molecular weight is 849 g/mol. The third-order valence-electron chi connectivity index (χ3n) is 13.7. The van der Waals surface area contributed by atoms with E-state index in [9.17, 15) is 19.2 Å². The first-order valence-corrected chi connectivity index (χ1v) is 22.3. The van der Waals surface area contributed by atoms with Crippen LogP contribution < -0.4 is 20.9 Å². The third kappa shape index (κ3) is 10.8. The largest absolute Gasteiger partial charge is 0.458 e. The number of benzene rings is 3. The summed E-state index contributed by atoms with van der Waals surface area (Å²) < 4.78 is 34.7. The van der Waals surface area contributed by atoms with Gasteiger partial charge in [-0.1, -0.05) is 51.0 Å². The van der Waals surface area contributed by atoms with E-state index in [1.165, 1.54) is 12.2 Å². The minimum absolute atomic E-state index is 0.0693. The Morgan fingerprint density at radius 3 is 1.32 bits per heavy atom. The van der Waals surface area contributed by atoms with Crippen LogP contribution in [0.5, 0.6) is 11.5 Å². The fourth-order valence-corrected chi connectivity index (χ4v) is 9.92. The van der Waals surface area contributed by atoms with Crippen LogP contribution >= 0.6 is 0 Å². The number of hydrogen-bond donors (Lipinski definition) is 2. The number of nitrogens with two attached hydrogens (primary N) is 2. The molecule has 0 bridgehead atoms. The van der Waals surface area contributed by atoms with E-state index in [1.807, 2.05) is 0 Å². The fourth-order valence-electron chi connectivity index (χ4n) is 9.92. The number of ether oxygens (including phenoxy) is 6. The molecule has 12 nitrogen and oxygen atoms in total. The van der Waals surface area contributed by atoms with Gasteiger partial charge < -0.3 is 39.9 Å². The lowest BCUT2D eigenvalue weighted by molar-refractivity contribution is -0.144. The Labute approximate surface area is 364 Å². The van der Waals surface area contributed by atoms with E-state index in [0.29, 0.717) is 45.8 Å². The van der Waals surface area contributed by atoms with Gasteiger partial charge in [-0.2, -0.15) is 0 Å². The summed E-state index contributed by atoms with van der Waals surface area (Å²) in [5, 5.41) is 0. The van der Waals surface area contributed by atoms with Crippen molar-refractivity contribution in [2.75, 3.05) is 24.7 Å². The van der Waals surface area contributed by atoms with Crippen molar-refractivity contribution >= 4 is 47.4 Å². The fraction of sp³-hybridized carbons (Fsp3) is 0.480. The van der Waals surface area contributed by atoms with Gasteiger partial charge in [0, 0.05) is 25.4 Å². The molecule has 3 aromatic carbocycles. The summed E-state index contributed by atoms with van der Waals surface area (Å²) in [6, 6.07) is 17.0. The molecule has 4 fully saturated rings. The zero-order valence-corrected chi connectivity index (χ0v) is 35.9. The van der Waals surface area contributed by atoms with Crippen molar-refractivity contribution < 1.29 is 47.6 Å². The Hall–Kier alpha value is -5.46. The molecule has 330 valence electrons. The number of esters is 4. The van der Waals surface area contributed by atoms with Gasteiger partial charge in [0.1, 0.15) is 24.7 Å². The zero-order valence-electron chi connectivity index (χ0n) is 35.9. The van der Waals surface area contributed by atoms with Crippen molar-refractivity contribution in [2.24, 2.45) is 23.7 Å². The SMILES string of the molecule is CCC1CCOC12CCC(C(=O)Oc1ccc(/C=C/C(=O)OCc3cc(N)c(N)cc3COC(=O)/C=C/c3ccc(OC(=O)C4CCC5(CC4)OCCC5CC)cc3)cc1)CC2. The number of rotatable bonds is 14. The Morgan fingerprint density at radius 1 is 0.597 bits per heavy atom. The highest BCUT2D eigenvalue weighted by molar-refractivity contribution is 5.88. The predicted molar refractivity (Wildman–Crippen MR) is 235 cm³/mol. The summed E-state index contributed by atoms with van der Waals surface area (Å²) in [6.07, 6.45) is 16.8. The molecule has 62 heavy (non-hydrogen) atoms. The molecule has 4 N–H and O–H groups in total. The van der Waals surface area contributed by atoms with Crippen molar-refractivity contribution in [3.8, 4) is 11.5 Å². The number of hydrogen-bond acceptors (Lipinski definition) is 12. The minimum atomic E-state index is -0.597. The lowest BCUT2D eigenvalue weighted by atomic mass is 9.71. The summed E-state index contributed by atoms with van der Waals surface area (Å²) in [7, 11) is 0. The van der Waals surface area contributed by atoms with Gasteiger partial charge in [-0.3, -0.25) is 9.59 Å². The second-order valence-electron chi connectivity index (χ2n) is 17.3. The van der Waals surface area contributed by atoms with E-state index in [2.05, 4.69) is 13.8 Å². The maximum Gasteiger partial charge on any atom is 0.331 e. The molecular formula is C50H60N2O10. The minimum Gasteiger partial charge on any atom is -0.458 e. The number of carbonyl (C=O) groups is 4. The lowest BCUT2D eigenvalue weighted by Gasteiger charge is -2.39. The average Bonchev–Trinajstić information content (AvgIpc) is 3.88. The molecule has 2 atom stereocenters. The summed E-state index contributed by atoms with van der Waals surface area (Å²) in [4.78, 5) is 51.3. The normalized spacial score (nSPS) is 26.0. The lowest BCUT2D eigenvalue weighted by Crippen LogP contribution is -2.41. The molecule has 2 saturated heterocycles. The first-order valence-electron chi connectivity index (χ1n) is 22.3. The van der Waals surface area contributed by atoms with Crippen LogP contribution in [0.4, 0.5) is 11.4 Å². The Kier molecular flexibility index (Phi) is 14.5. The smallest absolute Gasteiger partial charge is 0.331 e. The van der Waals surface area contributed by atoms with E-state index >= 15 is 0 Å². The highest BCUT2D eigenvalue weighted by atomic mass is 16.5. The highest BCUT2D eigenvalue weighted by Gasteiger charge is 2.48. The maximum atomic E-state index is 12.9. The van der Waals surface area contributed by atoms with Gasteiger partial charge in [0.2, 0.25) is 0 Å². The molecule has 3 aromatic rings. The first-order chi connectivity index (χ1) is 30.0. The summed E-state index contributed by atoms with van der Waals surface area (Å²) in [5.74, 6) is 0.110. The van der Waals surface area contributed by atoms with Crippen molar-refractivity contribution in [3.63, 3.8) is 0 Å². The molecule has 0 amide bonds. The Morgan fingerprint density at radius 2 is 0.968 bits per heavy atom. The van der Waals surface area contributed by atoms with E-state index in [1.54, 1.807) is 72.8 Å². The van der Waals surface area contributed by atoms with Gasteiger partial charge in [-0.15, -0.1) is 0 Å². The molecule has 12 heteroatoms. The van der Waals surface area contributed by atoms with Crippen LogP contribution in [0, 0.1) is 23.7 Å². The third-order valence-corrected chi connectivity index (χ3v) is 13.7. The van der Waals surface area contributed by atoms with Crippen molar-refractivity contribution in [2.45, 2.75) is 115 Å². The summed E-state index contributed by atoms with van der Waals surface area (Å²) >= 11 is 0. The monoisotopic (exact) mass is 848 g/mol. The summed E-state index contributed by atoms with van der Waals surface area (Å²) in [5.41, 5.74) is 15.1. The molecule has 2 spiro atoms. The van der Waals surface area contributed by atoms with Crippen molar-refractivity contribution in [1.29, 1.82) is 0 Å². The van der Waals surface area contributed by atoms with Crippen LogP contribution in [0.1, 0.15) is 113 Å². The summed E-state index contributed by atoms with van der Waals surface area (Å²) in [6.45, 7) is 5.77. The zero-order chi connectivity index (χ0) is 43.7. The van der Waals surface area contributed by atoms with E-state index in [4.69, 9.17) is 39.9 Å². The highest BCUT2D eigenvalue weighted by Crippen LogP contribution is 2.48. The van der Waals surface area contributed by atoms with E-state index < -0.39 is 11.9 Å². The molecular weight excluding hydrogens is 789 g/mol. The molecule has 4 aliphatic rings. The molecule has 0 radical (unpaired) electrons. The first kappa shape index (κ1) is 44.6. The predicted octanol–water partition coefficient (Wildman–Crippen LogP) is 8.93. The van der Waals surface area contributed by atoms with Crippen LogP contribution in [0.2, 0.25) is 0 Å². The molecule has 2 aliphatic carbocycles. The van der Waals surface area contributed by atoms with E-state index in [-0.39, 0.29) is 48.2 Å². The number of anilines is 2. The van der Waals surface area contributed by atoms with Gasteiger partial charge in [0.05, 0.1) is 34.4 Å². The second kappa shape index (κ2) is 20.2. The number of nitrogen functional groups attached to an aromatic ring is 2. The van der Waals surface area contributed by atoms with Crippen LogP contribution in [0.25, 0.3) is 12.2 Å². The quantitative estimate of drug-likeness (QED) is 0.0683. The van der Waals surface area contributed by atoms with Gasteiger partial charge in [0.15, 0.2) is 0 Å². The van der Waals surface area contributed by atoms with Gasteiger partial charge in [0.25, 0.3) is 0 Å². The maximum absolute atomic E-state index is 12.9.